The molecule has 9 heavy (non-hydrogen) atoms. The Bertz CT molecular complexity index is 55.1. The Morgan fingerprint density at radius 1 is 1.00 bits per heavy atom. The molecule has 0 radical (unpaired) electrons. The fourth-order valence-corrected chi connectivity index (χ4v) is 0.234. The summed E-state index contributed by atoms with van der Waals surface area (Å²) in [6.45, 7) is -4.25. The van der Waals surface area contributed by atoms with Crippen molar-refractivity contribution in [1.82, 2.24) is 0 Å². The molecule has 1 N–H and O–H groups in total. The van der Waals surface area contributed by atoms with Crippen LogP contribution >= 0.6 is 0 Å². The highest BCUT2D eigenvalue weighted by Crippen LogP contribution is 2.18. The van der Waals surface area contributed by atoms with Crippen molar-refractivity contribution in [1.29, 1.82) is 0 Å². The summed E-state index contributed by atoms with van der Waals surface area (Å²) in [6, 6.07) is 0. The van der Waals surface area contributed by atoms with Crippen molar-refractivity contribution in [2.24, 2.45) is 5.41 Å². The highest BCUT2D eigenvalue weighted by molar-refractivity contribution is 4.75. The summed E-state index contributed by atoms with van der Waals surface area (Å²) in [5.74, 6) is 0. The van der Waals surface area contributed by atoms with Crippen LogP contribution in [0, 0.1) is 5.41 Å². The molecule has 56 valence electrons. The Hall–Kier alpha value is -0.250. The maximum Gasteiger partial charge on any atom is 0.102 e. The smallest absolute Gasteiger partial charge is 0.102 e. The molecule has 0 heterocycles. The second-order valence-corrected chi connectivity index (χ2v) is 2.06. The van der Waals surface area contributed by atoms with Crippen molar-refractivity contribution in [3.63, 3.8) is 0 Å². The van der Waals surface area contributed by atoms with Gasteiger partial charge in [-0.05, 0) is 0 Å². The number of alkyl halides is 3. The third kappa shape index (κ3) is 1.86. The summed E-state index contributed by atoms with van der Waals surface area (Å²) in [6.07, 6.45) is 0. The highest BCUT2D eigenvalue weighted by atomic mass is 19.1. The molecule has 0 aliphatic carbocycles. The number of rotatable bonds is 4. The first-order valence-corrected chi connectivity index (χ1v) is 2.53. The van der Waals surface area contributed by atoms with Crippen LogP contribution in [0.25, 0.3) is 0 Å². The first kappa shape index (κ1) is 8.75. The normalized spacial score (nSPS) is 12.0. The number of aliphatic hydroxyl groups is 1. The lowest BCUT2D eigenvalue weighted by molar-refractivity contribution is 0.0433. The maximum absolute atomic E-state index is 11.7. The van der Waals surface area contributed by atoms with Gasteiger partial charge < -0.3 is 5.11 Å². The molecule has 0 amide bonds. The lowest BCUT2D eigenvalue weighted by Gasteiger charge is -2.19. The summed E-state index contributed by atoms with van der Waals surface area (Å²) < 4.78 is 35.0. The first-order valence-electron chi connectivity index (χ1n) is 2.53. The van der Waals surface area contributed by atoms with Gasteiger partial charge in [-0.15, -0.1) is 0 Å². The largest absolute Gasteiger partial charge is 0.395 e. The van der Waals surface area contributed by atoms with E-state index in [1.54, 1.807) is 0 Å². The summed E-state index contributed by atoms with van der Waals surface area (Å²) in [4.78, 5) is 0. The minimum absolute atomic E-state index is 0.781. The van der Waals surface area contributed by atoms with Gasteiger partial charge in [-0.2, -0.15) is 0 Å². The van der Waals surface area contributed by atoms with Crippen LogP contribution < -0.4 is 0 Å². The Balaban J connectivity index is 3.82. The predicted molar refractivity (Wildman–Crippen MR) is 27.4 cm³/mol. The number of halogens is 3. The van der Waals surface area contributed by atoms with Gasteiger partial charge in [0.2, 0.25) is 0 Å². The molecule has 0 aliphatic rings. The fraction of sp³-hybridized carbons (Fsp3) is 1.00. The number of hydrogen-bond donors (Lipinski definition) is 1. The maximum atomic E-state index is 11.7. The zero-order chi connectivity index (χ0) is 7.33. The minimum atomic E-state index is -1.78. The Labute approximate surface area is 51.5 Å². The van der Waals surface area contributed by atoms with E-state index in [1.807, 2.05) is 0 Å². The van der Waals surface area contributed by atoms with Crippen LogP contribution in [0.2, 0.25) is 0 Å². The molecule has 0 fully saturated rings. The lowest BCUT2D eigenvalue weighted by atomic mass is 9.95. The first-order chi connectivity index (χ1) is 4.24. The monoisotopic (exact) mass is 142 g/mol. The van der Waals surface area contributed by atoms with Crippen molar-refractivity contribution in [3.05, 3.63) is 0 Å². The van der Waals surface area contributed by atoms with Crippen molar-refractivity contribution in [2.75, 3.05) is 26.6 Å². The molecule has 0 saturated carbocycles. The van der Waals surface area contributed by atoms with Crippen molar-refractivity contribution >= 4 is 0 Å². The molecule has 0 bridgehead atoms. The van der Waals surface area contributed by atoms with E-state index < -0.39 is 32.0 Å². The lowest BCUT2D eigenvalue weighted by Crippen LogP contribution is -2.32. The topological polar surface area (TPSA) is 20.2 Å². The SMILES string of the molecule is OCC(CF)(CF)CF. The van der Waals surface area contributed by atoms with E-state index in [1.165, 1.54) is 0 Å². The molecule has 0 unspecified atom stereocenters. The quantitative estimate of drug-likeness (QED) is 0.617. The van der Waals surface area contributed by atoms with Gasteiger partial charge in [-0.1, -0.05) is 0 Å². The molecular weight excluding hydrogens is 133 g/mol. The summed E-state index contributed by atoms with van der Waals surface area (Å²) >= 11 is 0. The van der Waals surface area contributed by atoms with Crippen molar-refractivity contribution < 1.29 is 18.3 Å². The molecule has 0 rings (SSSR count). The standard InChI is InChI=1S/C5H9F3O/c6-1-5(2-7,3-8)4-9/h9H,1-4H2. The van der Waals surface area contributed by atoms with E-state index in [0.717, 1.165) is 0 Å². The summed E-state index contributed by atoms with van der Waals surface area (Å²) in [5.41, 5.74) is -1.78. The van der Waals surface area contributed by atoms with Crippen LogP contribution in [-0.2, 0) is 0 Å². The van der Waals surface area contributed by atoms with Crippen molar-refractivity contribution in [3.8, 4) is 0 Å². The molecule has 0 aromatic carbocycles. The van der Waals surface area contributed by atoms with Gasteiger partial charge in [-0.3, -0.25) is 13.2 Å². The molecule has 0 aromatic heterocycles. The Kier molecular flexibility index (Phi) is 3.61. The second kappa shape index (κ2) is 3.71. The van der Waals surface area contributed by atoms with Gasteiger partial charge in [0.05, 0.1) is 12.0 Å². The van der Waals surface area contributed by atoms with Crippen LogP contribution in [0.5, 0.6) is 0 Å². The van der Waals surface area contributed by atoms with Crippen LogP contribution in [0.4, 0.5) is 13.2 Å². The number of aliphatic hydroxyl groups excluding tert-OH is 1. The van der Waals surface area contributed by atoms with Gasteiger partial charge in [-0.25, -0.2) is 0 Å². The molecule has 0 spiro atoms. The predicted octanol–water partition coefficient (Wildman–Crippen LogP) is 0.874. The molecule has 0 aliphatic heterocycles. The second-order valence-electron chi connectivity index (χ2n) is 2.06. The van der Waals surface area contributed by atoms with E-state index in [-0.39, 0.29) is 0 Å². The van der Waals surface area contributed by atoms with Gasteiger partial charge >= 0.3 is 0 Å². The Morgan fingerprint density at radius 2 is 1.33 bits per heavy atom. The van der Waals surface area contributed by atoms with E-state index in [4.69, 9.17) is 5.11 Å². The fourth-order valence-electron chi connectivity index (χ4n) is 0.234. The van der Waals surface area contributed by atoms with E-state index in [2.05, 4.69) is 0 Å². The molecule has 0 atom stereocenters. The van der Waals surface area contributed by atoms with Crippen molar-refractivity contribution in [2.45, 2.75) is 0 Å². The molecule has 0 aromatic rings. The van der Waals surface area contributed by atoms with E-state index in [0.29, 0.717) is 0 Å². The van der Waals surface area contributed by atoms with E-state index >= 15 is 0 Å². The third-order valence-electron chi connectivity index (χ3n) is 1.19. The van der Waals surface area contributed by atoms with E-state index in [9.17, 15) is 13.2 Å². The zero-order valence-electron chi connectivity index (χ0n) is 4.91. The summed E-state index contributed by atoms with van der Waals surface area (Å²) in [5, 5.41) is 8.26. The van der Waals surface area contributed by atoms with Gasteiger partial charge in [0, 0.05) is 0 Å². The molecule has 1 nitrogen and oxygen atoms in total. The van der Waals surface area contributed by atoms with Gasteiger partial charge in [0.15, 0.2) is 0 Å². The Morgan fingerprint density at radius 3 is 1.33 bits per heavy atom. The van der Waals surface area contributed by atoms with Gasteiger partial charge in [0.25, 0.3) is 0 Å². The average molecular weight is 142 g/mol. The number of hydrogen-bond acceptors (Lipinski definition) is 1. The van der Waals surface area contributed by atoms with Crippen LogP contribution in [0.15, 0.2) is 0 Å². The zero-order valence-corrected chi connectivity index (χ0v) is 4.91. The highest BCUT2D eigenvalue weighted by Gasteiger charge is 2.29. The summed E-state index contributed by atoms with van der Waals surface area (Å²) in [7, 11) is 0. The average Bonchev–Trinajstić information content (AvgIpc) is 1.95. The molecule has 0 saturated heterocycles. The van der Waals surface area contributed by atoms with Crippen LogP contribution in [0.1, 0.15) is 0 Å². The molecular formula is C5H9F3O. The van der Waals surface area contributed by atoms with Gasteiger partial charge in [0.1, 0.15) is 20.0 Å². The molecule has 4 heteroatoms. The third-order valence-corrected chi connectivity index (χ3v) is 1.19. The van der Waals surface area contributed by atoms with Crippen LogP contribution in [0.3, 0.4) is 0 Å². The van der Waals surface area contributed by atoms with Crippen LogP contribution in [-0.4, -0.2) is 31.7 Å². The minimum Gasteiger partial charge on any atom is -0.395 e.